The topological polar surface area (TPSA) is 37.4 Å². The lowest BCUT2D eigenvalue weighted by Crippen LogP contribution is -2.37. The van der Waals surface area contributed by atoms with Gasteiger partial charge in [0.2, 0.25) is 10.0 Å². The molecule has 1 fully saturated rings. The second-order valence-corrected chi connectivity index (χ2v) is 6.65. The Balaban J connectivity index is 2.63. The zero-order valence-electron chi connectivity index (χ0n) is 9.45. The molecule has 0 aromatic carbocycles. The van der Waals surface area contributed by atoms with Crippen LogP contribution in [0.5, 0.6) is 0 Å². The summed E-state index contributed by atoms with van der Waals surface area (Å²) in [4.78, 5) is 0. The van der Waals surface area contributed by atoms with E-state index in [-0.39, 0.29) is 17.7 Å². The summed E-state index contributed by atoms with van der Waals surface area (Å²) in [5.41, 5.74) is 0. The van der Waals surface area contributed by atoms with Crippen molar-refractivity contribution in [1.82, 2.24) is 4.31 Å². The maximum Gasteiger partial charge on any atom is 0.214 e. The minimum atomic E-state index is -3.08. The Morgan fingerprint density at radius 3 is 2.47 bits per heavy atom. The molecule has 0 aliphatic heterocycles. The first-order chi connectivity index (χ1) is 7.01. The molecule has 1 unspecified atom stereocenters. The number of hydrogen-bond donors (Lipinski definition) is 0. The van der Waals surface area contributed by atoms with Gasteiger partial charge in [-0.05, 0) is 25.2 Å². The Labute approximate surface area is 97.8 Å². The molecule has 15 heavy (non-hydrogen) atoms. The number of alkyl halides is 1. The van der Waals surface area contributed by atoms with Crippen LogP contribution in [0.15, 0.2) is 0 Å². The van der Waals surface area contributed by atoms with Gasteiger partial charge in [-0.15, -0.1) is 11.6 Å². The highest BCUT2D eigenvalue weighted by atomic mass is 35.5. The van der Waals surface area contributed by atoms with Crippen molar-refractivity contribution in [2.24, 2.45) is 5.92 Å². The van der Waals surface area contributed by atoms with E-state index in [1.165, 1.54) is 0 Å². The zero-order chi connectivity index (χ0) is 11.5. The van der Waals surface area contributed by atoms with Crippen molar-refractivity contribution in [2.45, 2.75) is 39.2 Å². The predicted molar refractivity (Wildman–Crippen MR) is 63.7 cm³/mol. The first-order valence-electron chi connectivity index (χ1n) is 5.56. The molecule has 0 heterocycles. The highest BCUT2D eigenvalue weighted by molar-refractivity contribution is 7.89. The van der Waals surface area contributed by atoms with Gasteiger partial charge >= 0.3 is 0 Å². The molecule has 0 aromatic rings. The molecule has 90 valence electrons. The molecule has 0 aromatic heterocycles. The summed E-state index contributed by atoms with van der Waals surface area (Å²) in [6.07, 6.45) is 2.92. The van der Waals surface area contributed by atoms with Gasteiger partial charge in [0.15, 0.2) is 0 Å². The smallest absolute Gasteiger partial charge is 0.212 e. The summed E-state index contributed by atoms with van der Waals surface area (Å²) in [5.74, 6) is 0.631. The fourth-order valence-electron chi connectivity index (χ4n) is 1.63. The fourth-order valence-corrected chi connectivity index (χ4v) is 4.02. The van der Waals surface area contributed by atoms with Gasteiger partial charge in [-0.3, -0.25) is 0 Å². The molecule has 5 heteroatoms. The molecule has 0 spiro atoms. The van der Waals surface area contributed by atoms with Gasteiger partial charge < -0.3 is 0 Å². The van der Waals surface area contributed by atoms with Crippen LogP contribution in [-0.4, -0.2) is 36.9 Å². The largest absolute Gasteiger partial charge is 0.214 e. The van der Waals surface area contributed by atoms with E-state index in [2.05, 4.69) is 0 Å². The molecule has 1 rings (SSSR count). The fraction of sp³-hybridized carbons (Fsp3) is 1.00. The summed E-state index contributed by atoms with van der Waals surface area (Å²) < 4.78 is 25.8. The molecule has 0 N–H and O–H groups in total. The number of hydrogen-bond acceptors (Lipinski definition) is 2. The minimum Gasteiger partial charge on any atom is -0.212 e. The van der Waals surface area contributed by atoms with Gasteiger partial charge in [0.05, 0.1) is 5.75 Å². The van der Waals surface area contributed by atoms with Crippen molar-refractivity contribution >= 4 is 21.6 Å². The Morgan fingerprint density at radius 2 is 2.07 bits per heavy atom. The Morgan fingerprint density at radius 1 is 1.47 bits per heavy atom. The third-order valence-electron chi connectivity index (χ3n) is 2.51. The lowest BCUT2D eigenvalue weighted by atomic mass is 10.3. The van der Waals surface area contributed by atoms with Crippen molar-refractivity contribution in [2.75, 3.05) is 18.2 Å². The Kier molecular flexibility index (Phi) is 4.87. The van der Waals surface area contributed by atoms with Crippen LogP contribution in [0.2, 0.25) is 0 Å². The van der Waals surface area contributed by atoms with E-state index in [1.54, 1.807) is 4.31 Å². The van der Waals surface area contributed by atoms with Crippen LogP contribution in [0.3, 0.4) is 0 Å². The van der Waals surface area contributed by atoms with Gasteiger partial charge in [-0.2, -0.15) is 4.31 Å². The molecule has 3 nitrogen and oxygen atoms in total. The van der Waals surface area contributed by atoms with Crippen LogP contribution >= 0.6 is 11.6 Å². The van der Waals surface area contributed by atoms with Crippen LogP contribution in [0, 0.1) is 5.92 Å². The van der Waals surface area contributed by atoms with Gasteiger partial charge in [0, 0.05) is 18.5 Å². The molecular formula is C10H20ClNO2S. The SMILES string of the molecule is CCCN(C1CC1)S(=O)(=O)CC(C)CCl. The molecule has 0 saturated heterocycles. The Bertz CT molecular complexity index is 288. The first-order valence-corrected chi connectivity index (χ1v) is 7.71. The van der Waals surface area contributed by atoms with E-state index in [9.17, 15) is 8.42 Å². The van der Waals surface area contributed by atoms with Crippen LogP contribution in [-0.2, 0) is 10.0 Å². The predicted octanol–water partition coefficient (Wildman–Crippen LogP) is 2.07. The van der Waals surface area contributed by atoms with Crippen molar-refractivity contribution in [3.8, 4) is 0 Å². The van der Waals surface area contributed by atoms with Crippen molar-refractivity contribution in [3.63, 3.8) is 0 Å². The van der Waals surface area contributed by atoms with Gasteiger partial charge in [-0.1, -0.05) is 13.8 Å². The summed E-state index contributed by atoms with van der Waals surface area (Å²) in [6, 6.07) is 0.275. The molecule has 1 saturated carbocycles. The number of halogens is 1. The number of rotatable bonds is 7. The van der Waals surface area contributed by atoms with Crippen molar-refractivity contribution in [3.05, 3.63) is 0 Å². The second-order valence-electron chi connectivity index (χ2n) is 4.38. The lowest BCUT2D eigenvalue weighted by Gasteiger charge is -2.22. The third-order valence-corrected chi connectivity index (χ3v) is 5.23. The first kappa shape index (κ1) is 13.3. The standard InChI is InChI=1S/C10H20ClNO2S/c1-3-6-12(10-4-5-10)15(13,14)8-9(2)7-11/h9-10H,3-8H2,1-2H3. The maximum absolute atomic E-state index is 12.0. The highest BCUT2D eigenvalue weighted by Gasteiger charge is 2.36. The van der Waals surface area contributed by atoms with Gasteiger partial charge in [0.25, 0.3) is 0 Å². The van der Waals surface area contributed by atoms with E-state index in [4.69, 9.17) is 11.6 Å². The van der Waals surface area contributed by atoms with Crippen LogP contribution in [0.1, 0.15) is 33.1 Å². The van der Waals surface area contributed by atoms with Crippen LogP contribution in [0.25, 0.3) is 0 Å². The summed E-state index contributed by atoms with van der Waals surface area (Å²) in [6.45, 7) is 4.54. The molecular weight excluding hydrogens is 234 g/mol. The van der Waals surface area contributed by atoms with Crippen molar-refractivity contribution < 1.29 is 8.42 Å². The molecule has 1 aliphatic carbocycles. The lowest BCUT2D eigenvalue weighted by molar-refractivity contribution is 0.399. The summed E-state index contributed by atoms with van der Waals surface area (Å²) in [5, 5.41) is 0. The third kappa shape index (κ3) is 3.93. The van der Waals surface area contributed by atoms with E-state index in [0.29, 0.717) is 12.4 Å². The Hall–Kier alpha value is 0.200. The number of nitrogens with zero attached hydrogens (tertiary/aromatic N) is 1. The second kappa shape index (κ2) is 5.51. The van der Waals surface area contributed by atoms with Crippen molar-refractivity contribution in [1.29, 1.82) is 0 Å². The van der Waals surface area contributed by atoms with Crippen LogP contribution in [0.4, 0.5) is 0 Å². The molecule has 1 aliphatic rings. The van der Waals surface area contributed by atoms with E-state index >= 15 is 0 Å². The van der Waals surface area contributed by atoms with Crippen LogP contribution < -0.4 is 0 Å². The average Bonchev–Trinajstić information content (AvgIpc) is 2.96. The summed E-state index contributed by atoms with van der Waals surface area (Å²) in [7, 11) is -3.08. The molecule has 0 amide bonds. The summed E-state index contributed by atoms with van der Waals surface area (Å²) >= 11 is 5.65. The van der Waals surface area contributed by atoms with Gasteiger partial charge in [0.1, 0.15) is 0 Å². The molecule has 1 atom stereocenters. The minimum absolute atomic E-state index is 0.0368. The monoisotopic (exact) mass is 253 g/mol. The van der Waals surface area contributed by atoms with Gasteiger partial charge in [-0.25, -0.2) is 8.42 Å². The molecule has 0 radical (unpaired) electrons. The normalized spacial score (nSPS) is 19.5. The van der Waals surface area contributed by atoms with E-state index in [1.807, 2.05) is 13.8 Å². The molecule has 0 bridgehead atoms. The maximum atomic E-state index is 12.0. The zero-order valence-corrected chi connectivity index (χ0v) is 11.0. The van der Waals surface area contributed by atoms with E-state index in [0.717, 1.165) is 19.3 Å². The van der Waals surface area contributed by atoms with E-state index < -0.39 is 10.0 Å². The number of sulfonamides is 1. The average molecular weight is 254 g/mol. The quantitative estimate of drug-likeness (QED) is 0.652. The highest BCUT2D eigenvalue weighted by Crippen LogP contribution is 2.30.